The Labute approximate surface area is 185 Å². The Morgan fingerprint density at radius 3 is 2.32 bits per heavy atom. The Morgan fingerprint density at radius 1 is 1.00 bits per heavy atom. The topological polar surface area (TPSA) is 63.5 Å². The Kier molecular flexibility index (Phi) is 5.44. The molecule has 0 spiro atoms. The van der Waals surface area contributed by atoms with Gasteiger partial charge < -0.3 is 0 Å². The molecule has 0 radical (unpaired) electrons. The molecule has 0 saturated carbocycles. The van der Waals surface area contributed by atoms with Crippen LogP contribution in [0.15, 0.2) is 78.4 Å². The average molecular weight is 431 g/mol. The van der Waals surface area contributed by atoms with Gasteiger partial charge in [-0.3, -0.25) is 19.8 Å². The van der Waals surface area contributed by atoms with Crippen molar-refractivity contribution in [1.29, 1.82) is 0 Å². The van der Waals surface area contributed by atoms with Gasteiger partial charge in [0.1, 0.15) is 0 Å². The maximum Gasteiger partial charge on any atom is 0.274 e. The Hall–Kier alpha value is -3.70. The van der Waals surface area contributed by atoms with Crippen LogP contribution in [0.3, 0.4) is 0 Å². The molecule has 0 aliphatic carbocycles. The molecule has 1 aliphatic rings. The van der Waals surface area contributed by atoms with Crippen molar-refractivity contribution < 1.29 is 9.72 Å². The first-order valence-corrected chi connectivity index (χ1v) is 10.1. The first-order chi connectivity index (χ1) is 14.8. The zero-order valence-electron chi connectivity index (χ0n) is 17.0. The molecule has 5 nitrogen and oxygen atoms in total. The van der Waals surface area contributed by atoms with Crippen molar-refractivity contribution in [1.82, 2.24) is 0 Å². The SMILES string of the molecule is Cc1cc(N2C(=O)/C(=C/c3ccccc3)C=C2c2ccc(Cl)cc2)cc([N+](=O)[O-])c1C. The number of halogens is 1. The van der Waals surface area contributed by atoms with E-state index in [4.69, 9.17) is 11.6 Å². The molecule has 0 N–H and O–H groups in total. The fourth-order valence-electron chi connectivity index (χ4n) is 3.57. The van der Waals surface area contributed by atoms with Gasteiger partial charge in [-0.25, -0.2) is 0 Å². The number of anilines is 1. The molecule has 154 valence electrons. The lowest BCUT2D eigenvalue weighted by molar-refractivity contribution is -0.385. The van der Waals surface area contributed by atoms with Crippen LogP contribution in [0.2, 0.25) is 5.02 Å². The minimum Gasteiger partial charge on any atom is -0.276 e. The summed E-state index contributed by atoms with van der Waals surface area (Å²) in [4.78, 5) is 26.1. The van der Waals surface area contributed by atoms with Gasteiger partial charge in [0.15, 0.2) is 0 Å². The van der Waals surface area contributed by atoms with Crippen molar-refractivity contribution in [2.24, 2.45) is 0 Å². The van der Waals surface area contributed by atoms with E-state index in [9.17, 15) is 14.9 Å². The highest BCUT2D eigenvalue weighted by atomic mass is 35.5. The first kappa shape index (κ1) is 20.6. The van der Waals surface area contributed by atoms with E-state index in [-0.39, 0.29) is 11.6 Å². The van der Waals surface area contributed by atoms with E-state index >= 15 is 0 Å². The predicted molar refractivity (Wildman–Crippen MR) is 124 cm³/mol. The second kappa shape index (κ2) is 8.20. The van der Waals surface area contributed by atoms with E-state index in [0.29, 0.717) is 27.5 Å². The molecule has 0 fully saturated rings. The monoisotopic (exact) mass is 430 g/mol. The second-order valence-electron chi connectivity index (χ2n) is 7.35. The van der Waals surface area contributed by atoms with E-state index in [1.54, 1.807) is 38.1 Å². The molecule has 0 saturated heterocycles. The number of nitrogens with zero attached hydrogens (tertiary/aromatic N) is 2. The third-order valence-corrected chi connectivity index (χ3v) is 5.58. The highest BCUT2D eigenvalue weighted by Gasteiger charge is 2.32. The Morgan fingerprint density at radius 2 is 1.68 bits per heavy atom. The molecule has 31 heavy (non-hydrogen) atoms. The normalized spacial score (nSPS) is 14.8. The smallest absolute Gasteiger partial charge is 0.274 e. The lowest BCUT2D eigenvalue weighted by Crippen LogP contribution is -2.25. The minimum atomic E-state index is -0.418. The zero-order valence-corrected chi connectivity index (χ0v) is 17.8. The summed E-state index contributed by atoms with van der Waals surface area (Å²) in [5.74, 6) is -0.244. The van der Waals surface area contributed by atoms with Crippen molar-refractivity contribution >= 4 is 40.7 Å². The van der Waals surface area contributed by atoms with Crippen LogP contribution >= 0.6 is 11.6 Å². The van der Waals surface area contributed by atoms with Crippen LogP contribution in [0.1, 0.15) is 22.3 Å². The van der Waals surface area contributed by atoms with Crippen LogP contribution in [0.5, 0.6) is 0 Å². The zero-order chi connectivity index (χ0) is 22.1. The molecule has 0 bridgehead atoms. The van der Waals surface area contributed by atoms with Gasteiger partial charge >= 0.3 is 0 Å². The van der Waals surface area contributed by atoms with E-state index in [1.165, 1.54) is 11.0 Å². The number of hydrogen-bond acceptors (Lipinski definition) is 3. The highest BCUT2D eigenvalue weighted by molar-refractivity contribution is 6.30. The van der Waals surface area contributed by atoms with E-state index in [1.807, 2.05) is 48.5 Å². The largest absolute Gasteiger partial charge is 0.276 e. The average Bonchev–Trinajstić information content (AvgIpc) is 3.07. The van der Waals surface area contributed by atoms with Gasteiger partial charge in [-0.15, -0.1) is 0 Å². The molecule has 1 amide bonds. The van der Waals surface area contributed by atoms with Gasteiger partial charge in [-0.1, -0.05) is 54.1 Å². The van der Waals surface area contributed by atoms with Gasteiger partial charge in [-0.05, 0) is 60.9 Å². The van der Waals surface area contributed by atoms with Crippen LogP contribution in [0, 0.1) is 24.0 Å². The van der Waals surface area contributed by atoms with Crippen LogP contribution in [0.25, 0.3) is 11.8 Å². The maximum atomic E-state index is 13.4. The fourth-order valence-corrected chi connectivity index (χ4v) is 3.70. The predicted octanol–water partition coefficient (Wildman–Crippen LogP) is 6.34. The van der Waals surface area contributed by atoms with E-state index in [2.05, 4.69) is 0 Å². The van der Waals surface area contributed by atoms with Gasteiger partial charge in [-0.2, -0.15) is 0 Å². The summed E-state index contributed by atoms with van der Waals surface area (Å²) in [6, 6.07) is 20.0. The third-order valence-electron chi connectivity index (χ3n) is 5.32. The summed E-state index contributed by atoms with van der Waals surface area (Å²) >= 11 is 6.04. The minimum absolute atomic E-state index is 0.0151. The van der Waals surface area contributed by atoms with Gasteiger partial charge in [0.05, 0.1) is 16.3 Å². The standard InChI is InChI=1S/C25H19ClN2O3/c1-16-12-22(15-23(17(16)2)28(30)31)27-24(19-8-10-21(26)11-9-19)14-20(25(27)29)13-18-6-4-3-5-7-18/h3-15H,1-2H3/b20-13+. The number of hydrogen-bond donors (Lipinski definition) is 0. The second-order valence-corrected chi connectivity index (χ2v) is 7.79. The number of carbonyl (C=O) groups excluding carboxylic acids is 1. The highest BCUT2D eigenvalue weighted by Crippen LogP contribution is 2.38. The molecule has 3 aromatic rings. The summed E-state index contributed by atoms with van der Waals surface area (Å²) < 4.78 is 0. The molecule has 1 aliphatic heterocycles. The van der Waals surface area contributed by atoms with E-state index < -0.39 is 4.92 Å². The summed E-state index contributed by atoms with van der Waals surface area (Å²) in [6.07, 6.45) is 3.62. The molecule has 1 heterocycles. The Balaban J connectivity index is 1.88. The van der Waals surface area contributed by atoms with Crippen molar-refractivity contribution in [2.45, 2.75) is 13.8 Å². The summed E-state index contributed by atoms with van der Waals surface area (Å²) in [5.41, 5.74) is 4.58. The van der Waals surface area contributed by atoms with Gasteiger partial charge in [0, 0.05) is 22.2 Å². The van der Waals surface area contributed by atoms with E-state index in [0.717, 1.165) is 16.7 Å². The number of aryl methyl sites for hydroxylation is 1. The molecular formula is C25H19ClN2O3. The third kappa shape index (κ3) is 4.00. The van der Waals surface area contributed by atoms with Crippen LogP contribution in [-0.2, 0) is 4.79 Å². The van der Waals surface area contributed by atoms with Crippen LogP contribution in [-0.4, -0.2) is 10.8 Å². The molecule has 6 heteroatoms. The van der Waals surface area contributed by atoms with Crippen LogP contribution < -0.4 is 4.90 Å². The van der Waals surface area contributed by atoms with Crippen molar-refractivity contribution in [2.75, 3.05) is 4.90 Å². The maximum absolute atomic E-state index is 13.4. The Bertz CT molecular complexity index is 1250. The molecule has 0 atom stereocenters. The number of nitro groups is 1. The summed E-state index contributed by atoms with van der Waals surface area (Å²) in [5, 5.41) is 12.2. The van der Waals surface area contributed by atoms with Crippen molar-refractivity contribution in [3.05, 3.63) is 116 Å². The number of rotatable bonds is 4. The molecule has 0 aromatic heterocycles. The summed E-state index contributed by atoms with van der Waals surface area (Å²) in [6.45, 7) is 3.51. The van der Waals surface area contributed by atoms with Gasteiger partial charge in [0.2, 0.25) is 0 Å². The fraction of sp³-hybridized carbons (Fsp3) is 0.0800. The number of amides is 1. The number of carbonyl (C=O) groups is 1. The van der Waals surface area contributed by atoms with Gasteiger partial charge in [0.25, 0.3) is 11.6 Å². The molecule has 3 aromatic carbocycles. The molecule has 0 unspecified atom stereocenters. The lowest BCUT2D eigenvalue weighted by atomic mass is 10.1. The van der Waals surface area contributed by atoms with Crippen molar-refractivity contribution in [3.8, 4) is 0 Å². The first-order valence-electron chi connectivity index (χ1n) is 9.69. The van der Waals surface area contributed by atoms with Crippen LogP contribution in [0.4, 0.5) is 11.4 Å². The summed E-state index contributed by atoms with van der Waals surface area (Å²) in [7, 11) is 0. The number of benzene rings is 3. The van der Waals surface area contributed by atoms with Crippen molar-refractivity contribution in [3.63, 3.8) is 0 Å². The molecular weight excluding hydrogens is 412 g/mol. The number of nitro benzene ring substituents is 1. The lowest BCUT2D eigenvalue weighted by Gasteiger charge is -2.22. The quantitative estimate of drug-likeness (QED) is 0.276. The molecule has 4 rings (SSSR count).